The van der Waals surface area contributed by atoms with E-state index < -0.39 is 32.4 Å². The fourth-order valence-corrected chi connectivity index (χ4v) is 3.02. The molecule has 0 atom stereocenters. The number of rotatable bonds is 2. The molecule has 0 bridgehead atoms. The van der Waals surface area contributed by atoms with E-state index in [1.54, 1.807) is 13.0 Å². The van der Waals surface area contributed by atoms with Crippen LogP contribution in [0.15, 0.2) is 12.1 Å². The Bertz CT molecular complexity index is 750. The molecule has 1 aliphatic rings. The highest BCUT2D eigenvalue weighted by atomic mass is 28.3. The first-order valence-corrected chi connectivity index (χ1v) is 12.0. The molecule has 0 aromatic heterocycles. The van der Waals surface area contributed by atoms with Crippen LogP contribution in [0.25, 0.3) is 0 Å². The SMILES string of the molecule is Cc1c(B2OC(C)(C)C(C)(C)O2)cc(C#C[Si](C)(C)C)cc1C(=O)O. The lowest BCUT2D eigenvalue weighted by Crippen LogP contribution is -2.41. The molecule has 0 unspecified atom stereocenters. The van der Waals surface area contributed by atoms with Crippen molar-refractivity contribution >= 4 is 26.6 Å². The lowest BCUT2D eigenvalue weighted by molar-refractivity contribution is 0.00578. The van der Waals surface area contributed by atoms with Gasteiger partial charge in [-0.2, -0.15) is 0 Å². The molecule has 1 aliphatic heterocycles. The van der Waals surface area contributed by atoms with Crippen molar-refractivity contribution in [2.24, 2.45) is 0 Å². The van der Waals surface area contributed by atoms with Crippen LogP contribution in [0.3, 0.4) is 0 Å². The van der Waals surface area contributed by atoms with Crippen molar-refractivity contribution in [1.82, 2.24) is 0 Å². The van der Waals surface area contributed by atoms with Crippen LogP contribution in [-0.2, 0) is 9.31 Å². The molecule has 0 amide bonds. The fourth-order valence-electron chi connectivity index (χ4n) is 2.51. The summed E-state index contributed by atoms with van der Waals surface area (Å²) in [6.45, 7) is 16.2. The van der Waals surface area contributed by atoms with Gasteiger partial charge in [-0.25, -0.2) is 4.79 Å². The van der Waals surface area contributed by atoms with Gasteiger partial charge in [-0.05, 0) is 57.8 Å². The molecule has 6 heteroatoms. The summed E-state index contributed by atoms with van der Waals surface area (Å²) in [5, 5.41) is 9.57. The van der Waals surface area contributed by atoms with E-state index in [2.05, 4.69) is 31.1 Å². The third-order valence-corrected chi connectivity index (χ3v) is 5.64. The second kappa shape index (κ2) is 6.31. The van der Waals surface area contributed by atoms with Gasteiger partial charge in [0.25, 0.3) is 0 Å². The van der Waals surface area contributed by atoms with E-state index in [-0.39, 0.29) is 5.56 Å². The minimum atomic E-state index is -1.56. The quantitative estimate of drug-likeness (QED) is 0.652. The van der Waals surface area contributed by atoms with Gasteiger partial charge in [-0.1, -0.05) is 25.6 Å². The summed E-state index contributed by atoms with van der Waals surface area (Å²) < 4.78 is 12.2. The Hall–Kier alpha value is -1.55. The van der Waals surface area contributed by atoms with Gasteiger partial charge in [0.1, 0.15) is 8.07 Å². The maximum Gasteiger partial charge on any atom is 0.495 e. The Balaban J connectivity index is 2.56. The third-order valence-electron chi connectivity index (χ3n) is 4.77. The Labute approximate surface area is 152 Å². The Morgan fingerprint density at radius 2 is 1.64 bits per heavy atom. The zero-order chi connectivity index (χ0) is 19.2. The zero-order valence-corrected chi connectivity index (χ0v) is 17.4. The molecule has 4 nitrogen and oxygen atoms in total. The lowest BCUT2D eigenvalue weighted by atomic mass is 9.74. The largest absolute Gasteiger partial charge is 0.495 e. The molecule has 1 N–H and O–H groups in total. The summed E-state index contributed by atoms with van der Waals surface area (Å²) in [4.78, 5) is 11.7. The van der Waals surface area contributed by atoms with Crippen molar-refractivity contribution in [3.8, 4) is 11.5 Å². The van der Waals surface area contributed by atoms with Gasteiger partial charge in [-0.3, -0.25) is 0 Å². The van der Waals surface area contributed by atoms with Crippen LogP contribution in [-0.4, -0.2) is 37.5 Å². The first kappa shape index (κ1) is 19.8. The Morgan fingerprint density at radius 1 is 1.12 bits per heavy atom. The minimum absolute atomic E-state index is 0.243. The monoisotopic (exact) mass is 358 g/mol. The maximum absolute atomic E-state index is 11.7. The topological polar surface area (TPSA) is 55.8 Å². The number of hydrogen-bond acceptors (Lipinski definition) is 3. The molecule has 2 rings (SSSR count). The first-order valence-electron chi connectivity index (χ1n) is 8.50. The number of benzene rings is 1. The second-order valence-corrected chi connectivity index (χ2v) is 13.4. The van der Waals surface area contributed by atoms with E-state index >= 15 is 0 Å². The average Bonchev–Trinajstić information content (AvgIpc) is 2.64. The minimum Gasteiger partial charge on any atom is -0.478 e. The summed E-state index contributed by atoms with van der Waals surface area (Å²) in [6.07, 6.45) is 0. The first-order chi connectivity index (χ1) is 11.2. The molecule has 0 saturated carbocycles. The lowest BCUT2D eigenvalue weighted by Gasteiger charge is -2.32. The van der Waals surface area contributed by atoms with Crippen LogP contribution in [0, 0.1) is 18.4 Å². The van der Waals surface area contributed by atoms with Gasteiger partial charge in [0.15, 0.2) is 0 Å². The highest BCUT2D eigenvalue weighted by Crippen LogP contribution is 2.36. The molecule has 1 saturated heterocycles. The summed E-state index contributed by atoms with van der Waals surface area (Å²) in [6, 6.07) is 3.54. The Kier molecular flexibility index (Phi) is 4.99. The highest BCUT2D eigenvalue weighted by Gasteiger charge is 2.52. The number of carboxylic acid groups (broad SMARTS) is 1. The van der Waals surface area contributed by atoms with Crippen LogP contribution in [0.4, 0.5) is 0 Å². The van der Waals surface area contributed by atoms with Crippen LogP contribution < -0.4 is 5.46 Å². The van der Waals surface area contributed by atoms with Crippen molar-refractivity contribution in [3.05, 3.63) is 28.8 Å². The molecule has 1 aromatic rings. The van der Waals surface area contributed by atoms with Gasteiger partial charge in [-0.15, -0.1) is 5.54 Å². The van der Waals surface area contributed by atoms with Gasteiger partial charge >= 0.3 is 13.1 Å². The number of aromatic carboxylic acids is 1. The van der Waals surface area contributed by atoms with E-state index in [1.165, 1.54) is 0 Å². The number of carboxylic acids is 1. The summed E-state index contributed by atoms with van der Waals surface area (Å²) in [5.74, 6) is 2.18. The second-order valence-electron chi connectivity index (χ2n) is 8.63. The molecular formula is C19H27BO4Si. The zero-order valence-electron chi connectivity index (χ0n) is 16.4. The fraction of sp³-hybridized carbons (Fsp3) is 0.526. The van der Waals surface area contributed by atoms with Crippen molar-refractivity contribution in [1.29, 1.82) is 0 Å². The molecular weight excluding hydrogens is 331 g/mol. The van der Waals surface area contributed by atoms with Gasteiger partial charge in [0.05, 0.1) is 16.8 Å². The molecule has 1 heterocycles. The van der Waals surface area contributed by atoms with Gasteiger partial charge in [0, 0.05) is 5.56 Å². The normalized spacial score (nSPS) is 18.6. The van der Waals surface area contributed by atoms with Gasteiger partial charge < -0.3 is 14.4 Å². The van der Waals surface area contributed by atoms with Crippen molar-refractivity contribution < 1.29 is 19.2 Å². The smallest absolute Gasteiger partial charge is 0.478 e. The van der Waals surface area contributed by atoms with E-state index in [4.69, 9.17) is 9.31 Å². The van der Waals surface area contributed by atoms with Crippen molar-refractivity contribution in [3.63, 3.8) is 0 Å². The maximum atomic E-state index is 11.7. The molecule has 134 valence electrons. The molecule has 1 aromatic carbocycles. The molecule has 1 fully saturated rings. The summed E-state index contributed by atoms with van der Waals surface area (Å²) >= 11 is 0. The predicted molar refractivity (Wildman–Crippen MR) is 104 cm³/mol. The predicted octanol–water partition coefficient (Wildman–Crippen LogP) is 3.22. The number of hydrogen-bond donors (Lipinski definition) is 1. The van der Waals surface area contributed by atoms with E-state index in [1.807, 2.05) is 33.8 Å². The van der Waals surface area contributed by atoms with Crippen molar-refractivity contribution in [2.45, 2.75) is 65.5 Å². The highest BCUT2D eigenvalue weighted by molar-refractivity contribution is 6.83. The third kappa shape index (κ3) is 4.17. The number of carbonyl (C=O) groups is 1. The summed E-state index contributed by atoms with van der Waals surface area (Å²) in [7, 11) is -2.16. The standard InChI is InChI=1S/C19H27BO4Si/c1-13-15(17(21)22)11-14(9-10-25(6,7)8)12-16(13)20-23-18(2,3)19(4,5)24-20/h11-12H,1-8H3,(H,21,22). The van der Waals surface area contributed by atoms with Crippen LogP contribution in [0.1, 0.15) is 49.2 Å². The van der Waals surface area contributed by atoms with Crippen LogP contribution >= 0.6 is 0 Å². The Morgan fingerprint density at radius 3 is 2.08 bits per heavy atom. The van der Waals surface area contributed by atoms with Crippen LogP contribution in [0.5, 0.6) is 0 Å². The average molecular weight is 358 g/mol. The molecule has 25 heavy (non-hydrogen) atoms. The summed E-state index contributed by atoms with van der Waals surface area (Å²) in [5.41, 5.74) is 4.66. The van der Waals surface area contributed by atoms with E-state index in [0.29, 0.717) is 11.1 Å². The molecule has 0 aliphatic carbocycles. The van der Waals surface area contributed by atoms with Crippen LogP contribution in [0.2, 0.25) is 19.6 Å². The van der Waals surface area contributed by atoms with Crippen molar-refractivity contribution in [2.75, 3.05) is 0 Å². The molecule has 0 spiro atoms. The molecule has 0 radical (unpaired) electrons. The van der Waals surface area contributed by atoms with E-state index in [9.17, 15) is 9.90 Å². The van der Waals surface area contributed by atoms with Gasteiger partial charge in [0.2, 0.25) is 0 Å². The van der Waals surface area contributed by atoms with E-state index in [0.717, 1.165) is 5.46 Å².